The van der Waals surface area contributed by atoms with Crippen LogP contribution in [0.4, 0.5) is 0 Å². The molecule has 320 valence electrons. The molecule has 0 unspecified atom stereocenters. The fraction of sp³-hybridized carbons (Fsp3) is 0.960. The first kappa shape index (κ1) is 51.0. The summed E-state index contributed by atoms with van der Waals surface area (Å²) in [5.41, 5.74) is 0.921. The van der Waals surface area contributed by atoms with Gasteiger partial charge in [0.2, 0.25) is 0 Å². The van der Waals surface area contributed by atoms with E-state index in [1.807, 2.05) is 0 Å². The van der Waals surface area contributed by atoms with Crippen molar-refractivity contribution in [3.8, 4) is 0 Å². The smallest absolute Gasteiger partial charge is 0.306 e. The van der Waals surface area contributed by atoms with E-state index >= 15 is 0 Å². The van der Waals surface area contributed by atoms with Crippen molar-refractivity contribution in [2.24, 2.45) is 46.3 Å². The van der Waals surface area contributed by atoms with E-state index in [9.17, 15) is 19.8 Å². The van der Waals surface area contributed by atoms with Gasteiger partial charge >= 0.3 is 11.9 Å². The minimum atomic E-state index is -0.564. The fourth-order valence-electron chi connectivity index (χ4n) is 9.83. The van der Waals surface area contributed by atoms with Crippen LogP contribution in [0.2, 0.25) is 0 Å². The van der Waals surface area contributed by atoms with Gasteiger partial charge in [-0.1, -0.05) is 184 Å². The third-order valence-electron chi connectivity index (χ3n) is 13.7. The number of rotatable bonds is 30. The van der Waals surface area contributed by atoms with Crippen LogP contribution in [0, 0.1) is 46.3 Å². The van der Waals surface area contributed by atoms with Gasteiger partial charge in [0.25, 0.3) is 0 Å². The molecule has 2 rings (SSSR count). The van der Waals surface area contributed by atoms with Crippen molar-refractivity contribution in [2.45, 2.75) is 261 Å². The summed E-state index contributed by atoms with van der Waals surface area (Å²) in [6.45, 7) is 18.5. The molecule has 0 aromatic rings. The lowest BCUT2D eigenvalue weighted by Gasteiger charge is -2.40. The van der Waals surface area contributed by atoms with Gasteiger partial charge in [0, 0.05) is 0 Å². The molecule has 4 nitrogen and oxygen atoms in total. The Morgan fingerprint density at radius 1 is 0.389 bits per heavy atom. The summed E-state index contributed by atoms with van der Waals surface area (Å²) in [5, 5.41) is 18.7. The monoisotopic (exact) mass is 761 g/mol. The van der Waals surface area contributed by atoms with Crippen LogP contribution in [0.1, 0.15) is 261 Å². The van der Waals surface area contributed by atoms with Gasteiger partial charge in [-0.3, -0.25) is 9.59 Å². The topological polar surface area (TPSA) is 74.6 Å². The lowest BCUT2D eigenvalue weighted by Crippen LogP contribution is -2.30. The van der Waals surface area contributed by atoms with Crippen molar-refractivity contribution in [1.29, 1.82) is 0 Å². The van der Waals surface area contributed by atoms with Gasteiger partial charge in [-0.2, -0.15) is 0 Å². The Hall–Kier alpha value is -1.06. The Kier molecular flexibility index (Phi) is 28.4. The average molecular weight is 761 g/mol. The summed E-state index contributed by atoms with van der Waals surface area (Å²) in [6.07, 6.45) is 41.0. The molecule has 0 bridgehead atoms. The summed E-state index contributed by atoms with van der Waals surface area (Å²) in [6, 6.07) is 0. The number of hydrogen-bond acceptors (Lipinski definition) is 2. The predicted molar refractivity (Wildman–Crippen MR) is 234 cm³/mol. The Bertz CT molecular complexity index is 786. The molecule has 2 aliphatic rings. The van der Waals surface area contributed by atoms with Crippen LogP contribution >= 0.6 is 0 Å². The Labute approximate surface area is 338 Å². The first-order valence-electron chi connectivity index (χ1n) is 24.1. The highest BCUT2D eigenvalue weighted by Gasteiger charge is 2.37. The molecule has 0 aromatic heterocycles. The number of carboxylic acid groups (broad SMARTS) is 2. The highest BCUT2D eigenvalue weighted by molar-refractivity contribution is 5.70. The van der Waals surface area contributed by atoms with E-state index in [0.29, 0.717) is 10.8 Å². The molecular weight excluding hydrogens is 665 g/mol. The van der Waals surface area contributed by atoms with Gasteiger partial charge in [0.15, 0.2) is 0 Å². The second-order valence-electron chi connectivity index (χ2n) is 20.6. The lowest BCUT2D eigenvalue weighted by molar-refractivity contribution is -0.144. The zero-order valence-electron chi connectivity index (χ0n) is 37.8. The molecule has 2 aliphatic carbocycles. The predicted octanol–water partition coefficient (Wildman–Crippen LogP) is 16.5. The van der Waals surface area contributed by atoms with Crippen molar-refractivity contribution < 1.29 is 19.8 Å². The van der Waals surface area contributed by atoms with Crippen molar-refractivity contribution in [2.75, 3.05) is 0 Å². The van der Waals surface area contributed by atoms with E-state index in [0.717, 1.165) is 75.0 Å². The normalized spacial score (nSPS) is 17.7. The maximum absolute atomic E-state index is 11.3. The van der Waals surface area contributed by atoms with E-state index in [4.69, 9.17) is 0 Å². The van der Waals surface area contributed by atoms with Crippen molar-refractivity contribution in [3.05, 3.63) is 0 Å². The van der Waals surface area contributed by atoms with Gasteiger partial charge in [-0.15, -0.1) is 0 Å². The minimum Gasteiger partial charge on any atom is -0.481 e. The van der Waals surface area contributed by atoms with E-state index in [2.05, 4.69) is 55.4 Å². The first-order chi connectivity index (χ1) is 25.7. The summed E-state index contributed by atoms with van der Waals surface area (Å²) in [4.78, 5) is 22.7. The fourth-order valence-corrected chi connectivity index (χ4v) is 9.83. The quantitative estimate of drug-likeness (QED) is 0.0715. The van der Waals surface area contributed by atoms with Crippen LogP contribution in [-0.4, -0.2) is 22.2 Å². The van der Waals surface area contributed by atoms with Gasteiger partial charge in [0.1, 0.15) is 0 Å². The van der Waals surface area contributed by atoms with E-state index < -0.39 is 11.9 Å². The zero-order chi connectivity index (χ0) is 40.2. The molecule has 2 saturated carbocycles. The molecule has 0 aromatic carbocycles. The van der Waals surface area contributed by atoms with Crippen molar-refractivity contribution in [1.82, 2.24) is 0 Å². The molecule has 0 saturated heterocycles. The average Bonchev–Trinajstić information content (AvgIpc) is 3.11. The SMILES string of the molecule is CC(C)CCCCCCC1(CCCCCCC(C)C)CCC(C(=O)O)CC1.CC(C)CCCCCCC1(CCCCCCC(C)C)CCC(C(=O)O)CC1. The largest absolute Gasteiger partial charge is 0.481 e. The third-order valence-corrected chi connectivity index (χ3v) is 13.7. The molecule has 0 atom stereocenters. The van der Waals surface area contributed by atoms with Crippen LogP contribution in [0.5, 0.6) is 0 Å². The summed E-state index contributed by atoms with van der Waals surface area (Å²) in [5.74, 6) is 2.05. The van der Waals surface area contributed by atoms with Crippen LogP contribution in [0.3, 0.4) is 0 Å². The standard InChI is InChI=1S/2C25H48O2/c2*1-21(2)13-9-5-7-11-17-25(18-12-8-6-10-14-22(3)4)19-15-23(16-20-25)24(26)27/h2*21-23H,5-20H2,1-4H3,(H,26,27). The highest BCUT2D eigenvalue weighted by Crippen LogP contribution is 2.48. The molecule has 2 N–H and O–H groups in total. The first-order valence-corrected chi connectivity index (χ1v) is 24.1. The number of unbranched alkanes of at least 4 members (excludes halogenated alkanes) is 12. The van der Waals surface area contributed by atoms with E-state index in [1.54, 1.807) is 0 Å². The van der Waals surface area contributed by atoms with E-state index in [1.165, 1.54) is 154 Å². The Balaban J connectivity index is 0.000000540. The summed E-state index contributed by atoms with van der Waals surface area (Å²) >= 11 is 0. The molecule has 54 heavy (non-hydrogen) atoms. The summed E-state index contributed by atoms with van der Waals surface area (Å²) in [7, 11) is 0. The van der Waals surface area contributed by atoms with Gasteiger partial charge < -0.3 is 10.2 Å². The highest BCUT2D eigenvalue weighted by atomic mass is 16.4. The van der Waals surface area contributed by atoms with Crippen LogP contribution in [-0.2, 0) is 9.59 Å². The maximum Gasteiger partial charge on any atom is 0.306 e. The second-order valence-corrected chi connectivity index (χ2v) is 20.6. The number of aliphatic carboxylic acids is 2. The molecule has 0 spiro atoms. The zero-order valence-corrected chi connectivity index (χ0v) is 37.8. The van der Waals surface area contributed by atoms with Crippen LogP contribution in [0.25, 0.3) is 0 Å². The third kappa shape index (κ3) is 25.2. The number of hydrogen-bond donors (Lipinski definition) is 2. The van der Waals surface area contributed by atoms with Crippen molar-refractivity contribution >= 4 is 11.9 Å². The second kappa shape index (κ2) is 30.1. The Morgan fingerprint density at radius 2 is 0.593 bits per heavy atom. The number of carboxylic acids is 2. The lowest BCUT2D eigenvalue weighted by atomic mass is 9.65. The summed E-state index contributed by atoms with van der Waals surface area (Å²) < 4.78 is 0. The minimum absolute atomic E-state index is 0.0739. The van der Waals surface area contributed by atoms with Crippen molar-refractivity contribution in [3.63, 3.8) is 0 Å². The molecular formula is C50H96O4. The van der Waals surface area contributed by atoms with Crippen LogP contribution < -0.4 is 0 Å². The molecule has 0 aliphatic heterocycles. The van der Waals surface area contributed by atoms with Gasteiger partial charge in [-0.25, -0.2) is 0 Å². The van der Waals surface area contributed by atoms with Crippen LogP contribution in [0.15, 0.2) is 0 Å². The molecule has 0 heterocycles. The Morgan fingerprint density at radius 3 is 0.778 bits per heavy atom. The number of carbonyl (C=O) groups is 2. The molecule has 4 heteroatoms. The van der Waals surface area contributed by atoms with Gasteiger partial charge in [-0.05, 0) is 112 Å². The molecule has 0 radical (unpaired) electrons. The maximum atomic E-state index is 11.3. The molecule has 2 fully saturated rings. The molecule has 0 amide bonds. The van der Waals surface area contributed by atoms with Gasteiger partial charge in [0.05, 0.1) is 11.8 Å². The van der Waals surface area contributed by atoms with E-state index in [-0.39, 0.29) is 11.8 Å².